The summed E-state index contributed by atoms with van der Waals surface area (Å²) in [6, 6.07) is 3.93. The second-order valence-electron chi connectivity index (χ2n) is 3.40. The molecule has 0 aliphatic carbocycles. The minimum atomic E-state index is -0.156. The number of hydrogen-bond donors (Lipinski definition) is 0. The van der Waals surface area contributed by atoms with Crippen LogP contribution in [0.25, 0.3) is 0 Å². The van der Waals surface area contributed by atoms with Crippen LogP contribution in [0.1, 0.15) is 21.5 Å². The predicted octanol–water partition coefficient (Wildman–Crippen LogP) is 4.41. The molecule has 0 saturated carbocycles. The van der Waals surface area contributed by atoms with E-state index < -0.39 is 0 Å². The van der Waals surface area contributed by atoms with Crippen LogP contribution in [-0.2, 0) is 0 Å². The minimum absolute atomic E-state index is 0.134. The van der Waals surface area contributed by atoms with E-state index in [0.29, 0.717) is 5.33 Å². The Balaban J connectivity index is 3.20. The lowest BCUT2D eigenvalue weighted by molar-refractivity contribution is 0.0996. The predicted molar refractivity (Wildman–Crippen MR) is 74.5 cm³/mol. The van der Waals surface area contributed by atoms with Crippen LogP contribution in [0.2, 0.25) is 0 Å². The number of aryl methyl sites for hydroxylation is 2. The van der Waals surface area contributed by atoms with Crippen molar-refractivity contribution in [3.05, 3.63) is 33.3 Å². The van der Waals surface area contributed by atoms with Gasteiger partial charge in [-0.3, -0.25) is 4.79 Å². The summed E-state index contributed by atoms with van der Waals surface area (Å²) in [5, 5.41) is 0.626. The van der Waals surface area contributed by atoms with E-state index in [-0.39, 0.29) is 10.6 Å². The van der Waals surface area contributed by atoms with E-state index >= 15 is 0 Å². The normalized spacial score (nSPS) is 12.6. The number of carbonyl (C=O) groups is 1. The molecule has 1 rings (SSSR count). The third kappa shape index (κ3) is 3.14. The molecule has 0 amide bonds. The van der Waals surface area contributed by atoms with Gasteiger partial charge in [0.05, 0.1) is 4.83 Å². The summed E-state index contributed by atoms with van der Waals surface area (Å²) in [6.45, 7) is 3.91. The fourth-order valence-corrected chi connectivity index (χ4v) is 2.74. The first kappa shape index (κ1) is 13.4. The minimum Gasteiger partial charge on any atom is -0.293 e. The Morgan fingerprint density at radius 1 is 1.33 bits per heavy atom. The molecule has 82 valence electrons. The average molecular weight is 399 g/mol. The van der Waals surface area contributed by atoms with Gasteiger partial charge in [0.2, 0.25) is 0 Å². The van der Waals surface area contributed by atoms with Crippen LogP contribution in [0.4, 0.5) is 0 Å². The van der Waals surface area contributed by atoms with Crippen molar-refractivity contribution in [2.45, 2.75) is 18.7 Å². The molecule has 1 aromatic rings. The maximum atomic E-state index is 12.0. The van der Waals surface area contributed by atoms with Crippen LogP contribution in [0.15, 0.2) is 16.6 Å². The van der Waals surface area contributed by atoms with Gasteiger partial charge in [-0.2, -0.15) is 0 Å². The van der Waals surface area contributed by atoms with Crippen LogP contribution in [-0.4, -0.2) is 15.9 Å². The van der Waals surface area contributed by atoms with Gasteiger partial charge in [0.25, 0.3) is 0 Å². The molecule has 0 N–H and O–H groups in total. The van der Waals surface area contributed by atoms with E-state index in [1.54, 1.807) is 0 Å². The molecule has 0 heterocycles. The van der Waals surface area contributed by atoms with Crippen molar-refractivity contribution in [2.75, 3.05) is 5.33 Å². The van der Waals surface area contributed by atoms with Gasteiger partial charge in [0, 0.05) is 15.4 Å². The molecule has 0 radical (unpaired) electrons. The molecule has 15 heavy (non-hydrogen) atoms. The number of Topliss-reactive ketones (excluding diaryl/α,β-unsaturated/α-hetero) is 1. The third-order valence-electron chi connectivity index (χ3n) is 2.16. The zero-order chi connectivity index (χ0) is 11.6. The van der Waals surface area contributed by atoms with Crippen LogP contribution in [0, 0.1) is 13.8 Å². The lowest BCUT2D eigenvalue weighted by Gasteiger charge is -2.12. The number of hydrogen-bond acceptors (Lipinski definition) is 1. The third-order valence-corrected chi connectivity index (χ3v) is 4.88. The maximum Gasteiger partial charge on any atom is 0.177 e. The van der Waals surface area contributed by atoms with Crippen molar-refractivity contribution < 1.29 is 4.79 Å². The molecular weight excluding hydrogens is 388 g/mol. The number of alkyl halides is 2. The number of carbonyl (C=O) groups excluding carboxylic acids is 1. The highest BCUT2D eigenvalue weighted by Gasteiger charge is 2.19. The fraction of sp³-hybridized carbons (Fsp3) is 0.364. The Morgan fingerprint density at radius 2 is 1.80 bits per heavy atom. The van der Waals surface area contributed by atoms with Crippen LogP contribution >= 0.6 is 47.8 Å². The van der Waals surface area contributed by atoms with Gasteiger partial charge in [0.1, 0.15) is 0 Å². The Bertz CT molecular complexity index is 364. The zero-order valence-electron chi connectivity index (χ0n) is 8.48. The molecule has 1 unspecified atom stereocenters. The van der Waals surface area contributed by atoms with Crippen LogP contribution < -0.4 is 0 Å². The van der Waals surface area contributed by atoms with Gasteiger partial charge in [-0.05, 0) is 37.1 Å². The molecule has 1 aromatic carbocycles. The van der Waals surface area contributed by atoms with E-state index in [0.717, 1.165) is 21.2 Å². The van der Waals surface area contributed by atoms with Crippen molar-refractivity contribution in [1.82, 2.24) is 0 Å². The van der Waals surface area contributed by atoms with Gasteiger partial charge in [-0.25, -0.2) is 0 Å². The van der Waals surface area contributed by atoms with E-state index in [9.17, 15) is 4.79 Å². The zero-order valence-corrected chi connectivity index (χ0v) is 13.2. The Hall–Kier alpha value is 0.330. The summed E-state index contributed by atoms with van der Waals surface area (Å²) < 4.78 is 1.01. The molecule has 0 bridgehead atoms. The summed E-state index contributed by atoms with van der Waals surface area (Å²) in [6.07, 6.45) is 0. The van der Waals surface area contributed by atoms with Crippen molar-refractivity contribution in [2.24, 2.45) is 0 Å². The summed E-state index contributed by atoms with van der Waals surface area (Å²) in [5.41, 5.74) is 2.84. The Labute approximate surface area is 115 Å². The first-order valence-electron chi connectivity index (χ1n) is 4.48. The number of benzene rings is 1. The van der Waals surface area contributed by atoms with Crippen molar-refractivity contribution in [3.63, 3.8) is 0 Å². The number of ketones is 1. The summed E-state index contributed by atoms with van der Waals surface area (Å²) >= 11 is 10.1. The SMILES string of the molecule is Cc1cc(Br)cc(C)c1C(=O)C(Br)CBr. The quantitative estimate of drug-likeness (QED) is 0.544. The van der Waals surface area contributed by atoms with E-state index in [1.807, 2.05) is 26.0 Å². The van der Waals surface area contributed by atoms with Gasteiger partial charge in [0.15, 0.2) is 5.78 Å². The highest BCUT2D eigenvalue weighted by atomic mass is 79.9. The molecule has 1 nitrogen and oxygen atoms in total. The molecule has 0 aliphatic rings. The highest BCUT2D eigenvalue weighted by Crippen LogP contribution is 2.23. The van der Waals surface area contributed by atoms with Gasteiger partial charge >= 0.3 is 0 Å². The van der Waals surface area contributed by atoms with Crippen molar-refractivity contribution in [3.8, 4) is 0 Å². The van der Waals surface area contributed by atoms with E-state index in [4.69, 9.17) is 0 Å². The second-order valence-corrected chi connectivity index (χ2v) is 6.07. The molecule has 4 heteroatoms. The summed E-state index contributed by atoms with van der Waals surface area (Å²) in [7, 11) is 0. The van der Waals surface area contributed by atoms with Gasteiger partial charge in [-0.15, -0.1) is 0 Å². The Kier molecular flexibility index (Phi) is 5.00. The summed E-state index contributed by atoms with van der Waals surface area (Å²) in [4.78, 5) is 11.9. The molecule has 0 aliphatic heterocycles. The first-order valence-corrected chi connectivity index (χ1v) is 7.31. The van der Waals surface area contributed by atoms with Crippen molar-refractivity contribution >= 4 is 53.6 Å². The maximum absolute atomic E-state index is 12.0. The number of halogens is 3. The van der Waals surface area contributed by atoms with Gasteiger partial charge < -0.3 is 0 Å². The molecular formula is C11H11Br3O. The standard InChI is InChI=1S/C11H11Br3O/c1-6-3-8(13)4-7(2)10(6)11(15)9(14)5-12/h3-4,9H,5H2,1-2H3. The molecule has 0 aromatic heterocycles. The summed E-state index contributed by atoms with van der Waals surface area (Å²) in [5.74, 6) is 0.134. The van der Waals surface area contributed by atoms with E-state index in [2.05, 4.69) is 47.8 Å². The monoisotopic (exact) mass is 396 g/mol. The molecule has 0 spiro atoms. The Morgan fingerprint density at radius 3 is 2.20 bits per heavy atom. The molecule has 1 atom stereocenters. The topological polar surface area (TPSA) is 17.1 Å². The smallest absolute Gasteiger partial charge is 0.177 e. The van der Waals surface area contributed by atoms with E-state index in [1.165, 1.54) is 0 Å². The largest absolute Gasteiger partial charge is 0.293 e. The lowest BCUT2D eigenvalue weighted by Crippen LogP contribution is -2.18. The number of rotatable bonds is 3. The lowest BCUT2D eigenvalue weighted by atomic mass is 9.98. The van der Waals surface area contributed by atoms with Crippen molar-refractivity contribution in [1.29, 1.82) is 0 Å². The van der Waals surface area contributed by atoms with Crippen LogP contribution in [0.3, 0.4) is 0 Å². The van der Waals surface area contributed by atoms with Gasteiger partial charge in [-0.1, -0.05) is 47.8 Å². The van der Waals surface area contributed by atoms with Crippen LogP contribution in [0.5, 0.6) is 0 Å². The average Bonchev–Trinajstić information content (AvgIpc) is 2.14. The molecule has 0 saturated heterocycles. The first-order chi connectivity index (χ1) is 6.97. The molecule has 0 fully saturated rings. The second kappa shape index (κ2) is 5.60. The highest BCUT2D eigenvalue weighted by molar-refractivity contribution is 9.12. The fourth-order valence-electron chi connectivity index (χ4n) is 1.53.